The Morgan fingerprint density at radius 3 is 2.65 bits per heavy atom. The Morgan fingerprint density at radius 1 is 1.31 bits per heavy atom. The van der Waals surface area contributed by atoms with Crippen molar-refractivity contribution in [2.75, 3.05) is 19.6 Å². The number of nitrogens with one attached hydrogen (secondary N) is 1. The molecule has 26 heavy (non-hydrogen) atoms. The first-order chi connectivity index (χ1) is 12.4. The molecule has 0 spiro atoms. The Hall–Kier alpha value is -1.89. The normalized spacial score (nSPS) is 27.3. The standard InChI is InChI=1S/C19H31N5O2/c1-19(20)8-4-3-5-16(19)18(26)24-9-6-14(7-10-24)11-21-17(25)15-12-22-23(2)13-15/h12-14,16H,3-11,20H2,1-2H3,(H,21,25). The van der Waals surface area contributed by atoms with Crippen molar-refractivity contribution < 1.29 is 9.59 Å². The molecule has 2 aliphatic rings. The molecular weight excluding hydrogens is 330 g/mol. The fourth-order valence-electron chi connectivity index (χ4n) is 4.22. The first kappa shape index (κ1) is 18.9. The van der Waals surface area contributed by atoms with Crippen LogP contribution >= 0.6 is 0 Å². The predicted molar refractivity (Wildman–Crippen MR) is 99.4 cm³/mol. The summed E-state index contributed by atoms with van der Waals surface area (Å²) in [6, 6.07) is 0. The average molecular weight is 361 g/mol. The van der Waals surface area contributed by atoms with Crippen molar-refractivity contribution >= 4 is 11.8 Å². The second kappa shape index (κ2) is 7.78. The quantitative estimate of drug-likeness (QED) is 0.845. The number of piperidine rings is 1. The maximum absolute atomic E-state index is 12.9. The largest absolute Gasteiger partial charge is 0.352 e. The SMILES string of the molecule is Cn1cc(C(=O)NCC2CCN(C(=O)C3CCCCC3(C)N)CC2)cn1. The van der Waals surface area contributed by atoms with E-state index >= 15 is 0 Å². The van der Waals surface area contributed by atoms with Crippen LogP contribution in [0.2, 0.25) is 0 Å². The van der Waals surface area contributed by atoms with E-state index in [2.05, 4.69) is 10.4 Å². The number of nitrogens with zero attached hydrogens (tertiary/aromatic N) is 3. The number of nitrogens with two attached hydrogens (primary N) is 1. The minimum absolute atomic E-state index is 0.0434. The number of likely N-dealkylation sites (tertiary alicyclic amines) is 1. The third-order valence-corrected chi connectivity index (χ3v) is 6.00. The van der Waals surface area contributed by atoms with Gasteiger partial charge in [-0.2, -0.15) is 5.10 Å². The number of hydrogen-bond donors (Lipinski definition) is 2. The van der Waals surface area contributed by atoms with E-state index in [0.29, 0.717) is 18.0 Å². The highest BCUT2D eigenvalue weighted by Gasteiger charge is 2.40. The lowest BCUT2D eigenvalue weighted by atomic mass is 9.73. The van der Waals surface area contributed by atoms with Gasteiger partial charge in [-0.25, -0.2) is 0 Å². The second-order valence-electron chi connectivity index (χ2n) is 8.19. The lowest BCUT2D eigenvalue weighted by Crippen LogP contribution is -2.55. The van der Waals surface area contributed by atoms with Crippen molar-refractivity contribution in [3.05, 3.63) is 18.0 Å². The van der Waals surface area contributed by atoms with Crippen molar-refractivity contribution in [2.45, 2.75) is 51.0 Å². The molecule has 1 saturated heterocycles. The minimum atomic E-state index is -0.371. The fourth-order valence-corrected chi connectivity index (χ4v) is 4.22. The lowest BCUT2D eigenvalue weighted by molar-refractivity contribution is -0.140. The molecule has 7 nitrogen and oxygen atoms in total. The van der Waals surface area contributed by atoms with Crippen LogP contribution in [-0.2, 0) is 11.8 Å². The van der Waals surface area contributed by atoms with Crippen LogP contribution in [0.25, 0.3) is 0 Å². The number of hydrogen-bond acceptors (Lipinski definition) is 4. The van der Waals surface area contributed by atoms with E-state index in [1.165, 1.54) is 0 Å². The van der Waals surface area contributed by atoms with Gasteiger partial charge in [-0.1, -0.05) is 12.8 Å². The van der Waals surface area contributed by atoms with Gasteiger partial charge in [-0.15, -0.1) is 0 Å². The lowest BCUT2D eigenvalue weighted by Gasteiger charge is -2.41. The van der Waals surface area contributed by atoms with Crippen LogP contribution in [0.4, 0.5) is 0 Å². The molecule has 144 valence electrons. The average Bonchev–Trinajstić information content (AvgIpc) is 3.06. The van der Waals surface area contributed by atoms with Gasteiger partial charge in [0.15, 0.2) is 0 Å². The Balaban J connectivity index is 1.45. The first-order valence-electron chi connectivity index (χ1n) is 9.71. The van der Waals surface area contributed by atoms with Crippen molar-refractivity contribution in [3.8, 4) is 0 Å². The molecule has 0 bridgehead atoms. The third kappa shape index (κ3) is 4.26. The van der Waals surface area contributed by atoms with Crippen LogP contribution in [0.15, 0.2) is 12.4 Å². The number of aryl methyl sites for hydroxylation is 1. The summed E-state index contributed by atoms with van der Waals surface area (Å²) in [5.74, 6) is 0.513. The van der Waals surface area contributed by atoms with Gasteiger partial charge >= 0.3 is 0 Å². The molecule has 7 heteroatoms. The van der Waals surface area contributed by atoms with E-state index < -0.39 is 0 Å². The number of aromatic nitrogens is 2. The van der Waals surface area contributed by atoms with Crippen LogP contribution in [0, 0.1) is 11.8 Å². The van der Waals surface area contributed by atoms with Crippen LogP contribution < -0.4 is 11.1 Å². The van der Waals surface area contributed by atoms with E-state index in [0.717, 1.165) is 51.6 Å². The van der Waals surface area contributed by atoms with E-state index in [4.69, 9.17) is 5.73 Å². The predicted octanol–water partition coefficient (Wildman–Crippen LogP) is 1.30. The van der Waals surface area contributed by atoms with Crippen LogP contribution in [-0.4, -0.2) is 51.7 Å². The molecule has 1 aromatic heterocycles. The van der Waals surface area contributed by atoms with E-state index in [9.17, 15) is 9.59 Å². The van der Waals surface area contributed by atoms with Crippen molar-refractivity contribution in [1.29, 1.82) is 0 Å². The summed E-state index contributed by atoms with van der Waals surface area (Å²) in [6.07, 6.45) is 9.19. The zero-order valence-corrected chi connectivity index (χ0v) is 15.9. The minimum Gasteiger partial charge on any atom is -0.352 e. The molecule has 2 atom stereocenters. The Morgan fingerprint density at radius 2 is 2.04 bits per heavy atom. The monoisotopic (exact) mass is 361 g/mol. The smallest absolute Gasteiger partial charge is 0.254 e. The summed E-state index contributed by atoms with van der Waals surface area (Å²) >= 11 is 0. The third-order valence-electron chi connectivity index (χ3n) is 6.00. The first-order valence-corrected chi connectivity index (χ1v) is 9.71. The van der Waals surface area contributed by atoms with Gasteiger partial charge in [0.25, 0.3) is 5.91 Å². The van der Waals surface area contributed by atoms with Gasteiger partial charge in [0.2, 0.25) is 5.91 Å². The Bertz CT molecular complexity index is 646. The molecule has 3 N–H and O–H groups in total. The van der Waals surface area contributed by atoms with Gasteiger partial charge in [0.05, 0.1) is 17.7 Å². The summed E-state index contributed by atoms with van der Waals surface area (Å²) in [5.41, 5.74) is 6.60. The summed E-state index contributed by atoms with van der Waals surface area (Å²) in [4.78, 5) is 27.0. The summed E-state index contributed by atoms with van der Waals surface area (Å²) < 4.78 is 1.62. The summed E-state index contributed by atoms with van der Waals surface area (Å²) in [5, 5.41) is 7.01. The summed E-state index contributed by atoms with van der Waals surface area (Å²) in [7, 11) is 1.79. The number of amides is 2. The van der Waals surface area contributed by atoms with Gasteiger partial charge in [-0.05, 0) is 38.5 Å². The number of carbonyl (C=O) groups excluding carboxylic acids is 2. The Labute approximate surface area is 155 Å². The molecular formula is C19H31N5O2. The molecule has 2 fully saturated rings. The highest BCUT2D eigenvalue weighted by molar-refractivity contribution is 5.93. The van der Waals surface area contributed by atoms with Crippen molar-refractivity contribution in [3.63, 3.8) is 0 Å². The highest BCUT2D eigenvalue weighted by atomic mass is 16.2. The van der Waals surface area contributed by atoms with Gasteiger partial charge in [0, 0.05) is 38.4 Å². The van der Waals surface area contributed by atoms with Crippen molar-refractivity contribution in [2.24, 2.45) is 24.6 Å². The molecule has 2 unspecified atom stereocenters. The molecule has 1 aromatic rings. The van der Waals surface area contributed by atoms with E-state index in [1.54, 1.807) is 24.1 Å². The molecule has 2 amide bonds. The zero-order chi connectivity index (χ0) is 18.7. The topological polar surface area (TPSA) is 93.2 Å². The van der Waals surface area contributed by atoms with Gasteiger partial charge < -0.3 is 16.0 Å². The highest BCUT2D eigenvalue weighted by Crippen LogP contribution is 2.33. The molecule has 1 aliphatic heterocycles. The zero-order valence-electron chi connectivity index (χ0n) is 15.9. The summed E-state index contributed by atoms with van der Waals surface area (Å²) in [6.45, 7) is 4.20. The number of rotatable bonds is 4. The number of carbonyl (C=O) groups is 2. The maximum atomic E-state index is 12.9. The Kier molecular flexibility index (Phi) is 5.65. The van der Waals surface area contributed by atoms with Crippen LogP contribution in [0.5, 0.6) is 0 Å². The van der Waals surface area contributed by atoms with Crippen LogP contribution in [0.3, 0.4) is 0 Å². The molecule has 0 radical (unpaired) electrons. The second-order valence-corrected chi connectivity index (χ2v) is 8.19. The maximum Gasteiger partial charge on any atom is 0.254 e. The van der Waals surface area contributed by atoms with Crippen molar-refractivity contribution in [1.82, 2.24) is 20.0 Å². The van der Waals surface area contributed by atoms with E-state index in [-0.39, 0.29) is 23.3 Å². The fraction of sp³-hybridized carbons (Fsp3) is 0.737. The molecule has 2 heterocycles. The van der Waals surface area contributed by atoms with Gasteiger partial charge in [0.1, 0.15) is 0 Å². The molecule has 0 aromatic carbocycles. The van der Waals surface area contributed by atoms with Crippen LogP contribution in [0.1, 0.15) is 55.8 Å². The molecule has 3 rings (SSSR count). The molecule has 1 aliphatic carbocycles. The molecule has 1 saturated carbocycles. The van der Waals surface area contributed by atoms with Gasteiger partial charge in [-0.3, -0.25) is 14.3 Å². The van der Waals surface area contributed by atoms with E-state index in [1.807, 2.05) is 11.8 Å².